The second-order valence-electron chi connectivity index (χ2n) is 13.6. The number of ether oxygens (including phenoxy) is 6. The Kier molecular flexibility index (Phi) is 15.1. The maximum atomic E-state index is 14.5. The van der Waals surface area contributed by atoms with Crippen LogP contribution in [0.1, 0.15) is 69.1 Å². The van der Waals surface area contributed by atoms with E-state index in [1.807, 2.05) is 69.3 Å². The minimum Gasteiger partial charge on any atom is -0.496 e. The van der Waals surface area contributed by atoms with Crippen LogP contribution in [0, 0.1) is 5.82 Å². The summed E-state index contributed by atoms with van der Waals surface area (Å²) in [6.07, 6.45) is 1.43. The van der Waals surface area contributed by atoms with Crippen LogP contribution in [0.25, 0.3) is 0 Å². The summed E-state index contributed by atoms with van der Waals surface area (Å²) in [7, 11) is 4.92. The summed E-state index contributed by atoms with van der Waals surface area (Å²) >= 11 is 0. The first-order chi connectivity index (χ1) is 24.5. The standard InChI is InChI=1S/C40H53FN2O8/c1-40(2,3)51-39(45)43-21-20-34(29-14-17-33(18-15-29)49-24-10-23-48-27-30-11-7-8-12-36(30)47-6)37(26-43)50-28-31-25-32(41)16-19-35(31)42(4)38(44)13-9-22-46-5/h7-8,11-12,14-19,25,34,37H,9-10,13,20-24,26-28H2,1-6H3. The van der Waals surface area contributed by atoms with Gasteiger partial charge in [0, 0.05) is 62.9 Å². The maximum absolute atomic E-state index is 14.5. The van der Waals surface area contributed by atoms with E-state index in [4.69, 9.17) is 28.4 Å². The van der Waals surface area contributed by atoms with E-state index in [2.05, 4.69) is 0 Å². The van der Waals surface area contributed by atoms with Crippen molar-refractivity contribution in [3.8, 4) is 11.5 Å². The van der Waals surface area contributed by atoms with Crippen molar-refractivity contribution in [2.45, 2.75) is 77.3 Å². The number of amides is 2. The van der Waals surface area contributed by atoms with E-state index < -0.39 is 23.6 Å². The van der Waals surface area contributed by atoms with Gasteiger partial charge in [0.25, 0.3) is 0 Å². The molecule has 2 amide bonds. The number of para-hydroxylation sites is 1. The third-order valence-corrected chi connectivity index (χ3v) is 8.64. The number of carbonyl (C=O) groups excluding carboxylic acids is 2. The Bertz CT molecular complexity index is 1540. The van der Waals surface area contributed by atoms with E-state index in [-0.39, 0.29) is 18.4 Å². The van der Waals surface area contributed by atoms with Crippen LogP contribution >= 0.6 is 0 Å². The van der Waals surface area contributed by atoms with Crippen LogP contribution in [0.2, 0.25) is 0 Å². The lowest BCUT2D eigenvalue weighted by atomic mass is 9.87. The Morgan fingerprint density at radius 1 is 0.922 bits per heavy atom. The van der Waals surface area contributed by atoms with Gasteiger partial charge in [-0.3, -0.25) is 4.79 Å². The third-order valence-electron chi connectivity index (χ3n) is 8.64. The highest BCUT2D eigenvalue weighted by atomic mass is 19.1. The molecule has 1 aliphatic rings. The van der Waals surface area contributed by atoms with Crippen molar-refractivity contribution in [1.82, 2.24) is 4.90 Å². The summed E-state index contributed by atoms with van der Waals surface area (Å²) in [6.45, 7) is 8.35. The topological polar surface area (TPSA) is 96.0 Å². The largest absolute Gasteiger partial charge is 0.496 e. The molecule has 0 spiro atoms. The molecule has 3 aromatic rings. The zero-order valence-corrected chi connectivity index (χ0v) is 30.8. The molecule has 2 atom stereocenters. The first kappa shape index (κ1) is 39.6. The van der Waals surface area contributed by atoms with E-state index in [1.54, 1.807) is 32.2 Å². The molecule has 0 radical (unpaired) electrons. The first-order valence-corrected chi connectivity index (χ1v) is 17.5. The van der Waals surface area contributed by atoms with Gasteiger partial charge < -0.3 is 38.2 Å². The van der Waals surface area contributed by atoms with Crippen LogP contribution in [-0.2, 0) is 37.0 Å². The quantitative estimate of drug-likeness (QED) is 0.133. The Hall–Kier alpha value is -4.19. The van der Waals surface area contributed by atoms with Crippen LogP contribution in [0.5, 0.6) is 11.5 Å². The number of rotatable bonds is 17. The van der Waals surface area contributed by atoms with Crippen LogP contribution in [0.15, 0.2) is 66.7 Å². The highest BCUT2D eigenvalue weighted by Gasteiger charge is 2.35. The maximum Gasteiger partial charge on any atom is 0.410 e. The van der Waals surface area contributed by atoms with E-state index >= 15 is 0 Å². The van der Waals surface area contributed by atoms with Crippen molar-refractivity contribution >= 4 is 17.7 Å². The molecule has 0 aromatic heterocycles. The summed E-state index contributed by atoms with van der Waals surface area (Å²) < 4.78 is 49.0. The van der Waals surface area contributed by atoms with Crippen LogP contribution in [0.3, 0.4) is 0 Å². The first-order valence-electron chi connectivity index (χ1n) is 17.5. The van der Waals surface area contributed by atoms with Gasteiger partial charge in [-0.25, -0.2) is 9.18 Å². The molecular weight excluding hydrogens is 655 g/mol. The number of likely N-dealkylation sites (tertiary alicyclic amines) is 1. The third kappa shape index (κ3) is 12.2. The molecule has 3 aromatic carbocycles. The minimum atomic E-state index is -0.640. The fraction of sp³-hybridized carbons (Fsp3) is 0.500. The molecule has 51 heavy (non-hydrogen) atoms. The van der Waals surface area contributed by atoms with Crippen molar-refractivity contribution in [3.63, 3.8) is 0 Å². The zero-order valence-electron chi connectivity index (χ0n) is 30.8. The molecule has 278 valence electrons. The van der Waals surface area contributed by atoms with Gasteiger partial charge in [-0.1, -0.05) is 30.3 Å². The van der Waals surface area contributed by atoms with Crippen molar-refractivity contribution in [2.24, 2.45) is 0 Å². The molecule has 1 fully saturated rings. The molecule has 2 unspecified atom stereocenters. The summed E-state index contributed by atoms with van der Waals surface area (Å²) in [5.74, 6) is 0.978. The average molecular weight is 709 g/mol. The second-order valence-corrected chi connectivity index (χ2v) is 13.6. The number of hydrogen-bond acceptors (Lipinski definition) is 8. The molecule has 11 heteroatoms. The molecule has 1 heterocycles. The molecule has 4 rings (SSSR count). The molecule has 1 aliphatic heterocycles. The number of hydrogen-bond donors (Lipinski definition) is 0. The smallest absolute Gasteiger partial charge is 0.410 e. The van der Waals surface area contributed by atoms with E-state index in [9.17, 15) is 14.0 Å². The fourth-order valence-electron chi connectivity index (χ4n) is 5.99. The summed E-state index contributed by atoms with van der Waals surface area (Å²) in [6, 6.07) is 20.1. The van der Waals surface area contributed by atoms with Crippen LogP contribution in [0.4, 0.5) is 14.9 Å². The Morgan fingerprint density at radius 2 is 1.69 bits per heavy atom. The number of methoxy groups -OCH3 is 2. The van der Waals surface area contributed by atoms with Gasteiger partial charge in [-0.15, -0.1) is 0 Å². The minimum absolute atomic E-state index is 0.0480. The number of nitrogens with zero attached hydrogens (tertiary/aromatic N) is 2. The van der Waals surface area contributed by atoms with E-state index in [0.29, 0.717) is 70.0 Å². The van der Waals surface area contributed by atoms with Crippen LogP contribution < -0.4 is 14.4 Å². The van der Waals surface area contributed by atoms with E-state index in [1.165, 1.54) is 17.0 Å². The van der Waals surface area contributed by atoms with Crippen molar-refractivity contribution in [2.75, 3.05) is 59.1 Å². The predicted molar refractivity (Wildman–Crippen MR) is 194 cm³/mol. The van der Waals surface area contributed by atoms with Gasteiger partial charge >= 0.3 is 6.09 Å². The van der Waals surface area contributed by atoms with Gasteiger partial charge in [-0.05, 0) is 75.6 Å². The molecule has 0 aliphatic carbocycles. The monoisotopic (exact) mass is 708 g/mol. The van der Waals surface area contributed by atoms with Gasteiger partial charge in [0.1, 0.15) is 22.9 Å². The zero-order chi connectivity index (χ0) is 36.8. The number of carbonyl (C=O) groups is 2. The Balaban J connectivity index is 1.40. The normalized spacial score (nSPS) is 16.1. The molecule has 0 bridgehead atoms. The second kappa shape index (κ2) is 19.4. The number of anilines is 1. The summed E-state index contributed by atoms with van der Waals surface area (Å²) in [5, 5.41) is 0. The fourth-order valence-corrected chi connectivity index (χ4v) is 5.99. The van der Waals surface area contributed by atoms with Crippen LogP contribution in [-0.4, -0.2) is 82.8 Å². The average Bonchev–Trinajstić information content (AvgIpc) is 3.11. The van der Waals surface area contributed by atoms with Gasteiger partial charge in [0.2, 0.25) is 5.91 Å². The van der Waals surface area contributed by atoms with Gasteiger partial charge in [0.15, 0.2) is 0 Å². The Labute approximate surface area is 301 Å². The molecular formula is C40H53FN2O8. The predicted octanol–water partition coefficient (Wildman–Crippen LogP) is 7.52. The van der Waals surface area contributed by atoms with Crippen molar-refractivity contribution in [3.05, 3.63) is 89.2 Å². The highest BCUT2D eigenvalue weighted by molar-refractivity contribution is 5.93. The lowest BCUT2D eigenvalue weighted by Crippen LogP contribution is -2.48. The number of piperidine rings is 1. The van der Waals surface area contributed by atoms with Gasteiger partial charge in [-0.2, -0.15) is 0 Å². The lowest BCUT2D eigenvalue weighted by molar-refractivity contribution is -0.118. The molecule has 0 N–H and O–H groups in total. The Morgan fingerprint density at radius 3 is 2.41 bits per heavy atom. The molecule has 1 saturated heterocycles. The summed E-state index contributed by atoms with van der Waals surface area (Å²) in [5.41, 5.74) is 2.52. The molecule has 0 saturated carbocycles. The lowest BCUT2D eigenvalue weighted by Gasteiger charge is -2.39. The highest BCUT2D eigenvalue weighted by Crippen LogP contribution is 2.34. The van der Waals surface area contributed by atoms with Crippen molar-refractivity contribution in [1.29, 1.82) is 0 Å². The SMILES string of the molecule is COCCCC(=O)N(C)c1ccc(F)cc1COC1CN(C(=O)OC(C)(C)C)CCC1c1ccc(OCCCOCc2ccccc2OC)cc1. The molecule has 10 nitrogen and oxygen atoms in total. The van der Waals surface area contributed by atoms with E-state index in [0.717, 1.165) is 29.0 Å². The number of benzene rings is 3. The summed E-state index contributed by atoms with van der Waals surface area (Å²) in [4.78, 5) is 29.2. The van der Waals surface area contributed by atoms with Gasteiger partial charge in [0.05, 0.1) is 46.2 Å². The van der Waals surface area contributed by atoms with Crippen molar-refractivity contribution < 1.29 is 42.4 Å². The number of halogens is 1.